The van der Waals surface area contributed by atoms with Gasteiger partial charge in [0.25, 0.3) is 0 Å². The van der Waals surface area contributed by atoms with Crippen LogP contribution in [0.1, 0.15) is 134 Å². The van der Waals surface area contributed by atoms with E-state index in [0.29, 0.717) is 102 Å². The van der Waals surface area contributed by atoms with E-state index in [-0.39, 0.29) is 53.5 Å². The van der Waals surface area contributed by atoms with Crippen molar-refractivity contribution in [1.29, 1.82) is 0 Å². The first kappa shape index (κ1) is 47.8. The number of ether oxygens (including phenoxy) is 1. The van der Waals surface area contributed by atoms with E-state index < -0.39 is 10.8 Å². The minimum Gasteiger partial charge on any atom is -0.372 e. The van der Waals surface area contributed by atoms with Gasteiger partial charge in [0.15, 0.2) is 5.82 Å². The zero-order valence-corrected chi connectivity index (χ0v) is 43.3. The maximum Gasteiger partial charge on any atom is 0.238 e. The van der Waals surface area contributed by atoms with Gasteiger partial charge in [-0.2, -0.15) is 0 Å². The molecule has 2 aliphatic carbocycles. The van der Waals surface area contributed by atoms with Gasteiger partial charge in [0, 0.05) is 112 Å². The topological polar surface area (TPSA) is 178 Å². The molecule has 3 atom stereocenters. The Morgan fingerprint density at radius 1 is 0.811 bits per heavy atom. The van der Waals surface area contributed by atoms with Crippen LogP contribution in [-0.4, -0.2) is 146 Å². The number of rotatable bonds is 10. The molecule has 4 aromatic rings. The van der Waals surface area contributed by atoms with Crippen LogP contribution in [0.3, 0.4) is 0 Å². The second-order valence-corrected chi connectivity index (χ2v) is 24.0. The number of amides is 5. The zero-order chi connectivity index (χ0) is 50.6. The number of piperidine rings is 4. The predicted octanol–water partition coefficient (Wildman–Crippen LogP) is 6.32. The lowest BCUT2D eigenvalue weighted by atomic mass is 9.72. The summed E-state index contributed by atoms with van der Waals surface area (Å²) in [7, 11) is 0. The lowest BCUT2D eigenvalue weighted by molar-refractivity contribution is -0.150. The summed E-state index contributed by atoms with van der Waals surface area (Å²) in [5, 5.41) is 6.14. The van der Waals surface area contributed by atoms with Crippen molar-refractivity contribution < 1.29 is 28.7 Å². The van der Waals surface area contributed by atoms with Crippen molar-refractivity contribution in [2.75, 3.05) is 67.5 Å². The molecule has 2 saturated carbocycles. The monoisotopic (exact) mass is 1010 g/mol. The normalized spacial score (nSPS) is 28.0. The Kier molecular flexibility index (Phi) is 11.9. The highest BCUT2D eigenvalue weighted by molar-refractivity contribution is 6.09. The van der Waals surface area contributed by atoms with Gasteiger partial charge < -0.3 is 34.2 Å². The maximum atomic E-state index is 15.4. The van der Waals surface area contributed by atoms with Crippen LogP contribution in [0, 0.1) is 11.3 Å². The smallest absolute Gasteiger partial charge is 0.238 e. The fourth-order valence-electron chi connectivity index (χ4n) is 14.1. The number of benzene rings is 1. The van der Waals surface area contributed by atoms with Crippen LogP contribution in [0.15, 0.2) is 48.9 Å². The SMILES string of the molecule is CC(C)n1cnc2cc(-c3ccc4c(c3)N(C3CC(N5CC6CCC(C5)O6)C3)C(=O)C43CCN(C(=O)C4(C)CCN(C(=O)C5CCN(c6ccc(C7CCC(=O)NC7=O)cn6)CC5)CC4)CC3)nc(NC3CC3)c21. The first-order chi connectivity index (χ1) is 35.8. The molecular formula is C57H71N11O6. The summed E-state index contributed by atoms with van der Waals surface area (Å²) < 4.78 is 8.39. The molecule has 3 unspecified atom stereocenters. The van der Waals surface area contributed by atoms with Crippen LogP contribution in [-0.2, 0) is 34.1 Å². The van der Waals surface area contributed by atoms with Crippen molar-refractivity contribution >= 4 is 57.9 Å². The molecule has 74 heavy (non-hydrogen) atoms. The molecule has 6 saturated heterocycles. The van der Waals surface area contributed by atoms with Gasteiger partial charge in [-0.15, -0.1) is 0 Å². The van der Waals surface area contributed by atoms with Gasteiger partial charge in [-0.3, -0.25) is 34.2 Å². The molecule has 7 aliphatic heterocycles. The van der Waals surface area contributed by atoms with Crippen LogP contribution >= 0.6 is 0 Å². The molecular weight excluding hydrogens is 935 g/mol. The number of fused-ring (bicyclic) bond motifs is 5. The number of likely N-dealkylation sites (tertiary alicyclic amines) is 3. The van der Waals surface area contributed by atoms with Crippen molar-refractivity contribution in [3.8, 4) is 11.3 Å². The number of hydrogen-bond acceptors (Lipinski definition) is 12. The lowest BCUT2D eigenvalue weighted by Gasteiger charge is -2.49. The van der Waals surface area contributed by atoms with Crippen LogP contribution < -0.4 is 20.4 Å². The molecule has 2 N–H and O–H groups in total. The second-order valence-electron chi connectivity index (χ2n) is 24.0. The Labute approximate surface area is 433 Å². The average Bonchev–Trinajstić information content (AvgIpc) is 3.94. The van der Waals surface area contributed by atoms with Gasteiger partial charge in [-0.05, 0) is 127 Å². The Balaban J connectivity index is 0.674. The summed E-state index contributed by atoms with van der Waals surface area (Å²) in [5.74, 6) is 1.24. The Hall–Kier alpha value is -5.94. The number of carbonyl (C=O) groups excluding carboxylic acids is 5. The van der Waals surface area contributed by atoms with Crippen molar-refractivity contribution in [3.63, 3.8) is 0 Å². The molecule has 0 radical (unpaired) electrons. The first-order valence-corrected chi connectivity index (χ1v) is 28.0. The molecule has 2 bridgehead atoms. The number of pyridine rings is 2. The van der Waals surface area contributed by atoms with Gasteiger partial charge in [-0.25, -0.2) is 15.0 Å². The van der Waals surface area contributed by atoms with Crippen molar-refractivity contribution in [3.05, 3.63) is 60.0 Å². The zero-order valence-electron chi connectivity index (χ0n) is 43.3. The van der Waals surface area contributed by atoms with Crippen molar-refractivity contribution in [1.82, 2.24) is 39.5 Å². The molecule has 17 heteroatoms. The van der Waals surface area contributed by atoms with Crippen LogP contribution in [0.4, 0.5) is 17.3 Å². The van der Waals surface area contributed by atoms with Gasteiger partial charge >= 0.3 is 0 Å². The number of carbonyl (C=O) groups is 5. The third-order valence-corrected chi connectivity index (χ3v) is 18.9. The first-order valence-electron chi connectivity index (χ1n) is 28.0. The summed E-state index contributed by atoms with van der Waals surface area (Å²) in [6.07, 6.45) is 15.4. The Bertz CT molecular complexity index is 2870. The van der Waals surface area contributed by atoms with Gasteiger partial charge in [0.2, 0.25) is 29.5 Å². The van der Waals surface area contributed by atoms with Crippen molar-refractivity contribution in [2.45, 2.75) is 158 Å². The standard InChI is InChI=1S/C57H71N11O6/c1-34(2)67-33-59-46-29-45(61-51(50(46)67)60-38-6-7-38)36-4-11-44-47(26-36)68(40-27-39(28-40)66-31-41-8-9-42(32-66)74-41)55(73)57(44)18-24-65(25-19-57)54(72)56(3)16-22-64(23-17-56)53(71)35-14-20-63(21-15-35)48-12-5-37(30-58-48)43-10-13-49(69)62-52(43)70/h4-5,11-12,26,29-30,33-35,38-43H,6-10,13-25,27-28,31-32H2,1-3H3,(H,60,61)(H,62,69,70). The van der Waals surface area contributed by atoms with Crippen LogP contribution in [0.25, 0.3) is 22.3 Å². The number of anilines is 3. The fourth-order valence-corrected chi connectivity index (χ4v) is 14.1. The number of morpholine rings is 1. The largest absolute Gasteiger partial charge is 0.372 e. The van der Waals surface area contributed by atoms with Crippen LogP contribution in [0.5, 0.6) is 0 Å². The third-order valence-electron chi connectivity index (χ3n) is 18.9. The maximum absolute atomic E-state index is 15.4. The molecule has 8 fully saturated rings. The average molecular weight is 1010 g/mol. The summed E-state index contributed by atoms with van der Waals surface area (Å²) in [5.41, 5.74) is 5.35. The number of nitrogens with zero attached hydrogens (tertiary/aromatic N) is 9. The molecule has 1 spiro atoms. The van der Waals surface area contributed by atoms with E-state index in [4.69, 9.17) is 14.7 Å². The van der Waals surface area contributed by atoms with Crippen LogP contribution in [0.2, 0.25) is 0 Å². The van der Waals surface area contributed by atoms with Crippen molar-refractivity contribution in [2.24, 2.45) is 11.3 Å². The highest BCUT2D eigenvalue weighted by atomic mass is 16.5. The summed E-state index contributed by atoms with van der Waals surface area (Å²) in [4.78, 5) is 93.8. The number of imide groups is 1. The van der Waals surface area contributed by atoms with Gasteiger partial charge in [0.05, 0.1) is 41.1 Å². The van der Waals surface area contributed by atoms with E-state index in [0.717, 1.165) is 115 Å². The van der Waals surface area contributed by atoms with Gasteiger partial charge in [0.1, 0.15) is 11.3 Å². The van der Waals surface area contributed by atoms with E-state index in [2.05, 4.69) is 79.9 Å². The number of hydrogen-bond donors (Lipinski definition) is 2. The highest BCUT2D eigenvalue weighted by Gasteiger charge is 2.57. The summed E-state index contributed by atoms with van der Waals surface area (Å²) >= 11 is 0. The van der Waals surface area contributed by atoms with E-state index >= 15 is 4.79 Å². The quantitative estimate of drug-likeness (QED) is 0.170. The summed E-state index contributed by atoms with van der Waals surface area (Å²) in [6.45, 7) is 11.9. The molecule has 5 amide bonds. The molecule has 390 valence electrons. The lowest BCUT2D eigenvalue weighted by Crippen LogP contribution is -2.60. The molecule has 17 nitrogen and oxygen atoms in total. The molecule has 3 aromatic heterocycles. The highest BCUT2D eigenvalue weighted by Crippen LogP contribution is 2.53. The molecule has 13 rings (SSSR count). The Morgan fingerprint density at radius 3 is 2.22 bits per heavy atom. The van der Waals surface area contributed by atoms with E-state index in [1.54, 1.807) is 6.20 Å². The minimum atomic E-state index is -0.707. The van der Waals surface area contributed by atoms with E-state index in [9.17, 15) is 19.2 Å². The number of imidazole rings is 1. The van der Waals surface area contributed by atoms with Gasteiger partial charge in [-0.1, -0.05) is 25.1 Å². The molecule has 9 aliphatic rings. The third kappa shape index (κ3) is 8.34. The molecule has 1 aromatic carbocycles. The minimum absolute atomic E-state index is 0.0774. The fraction of sp³-hybridized carbons (Fsp3) is 0.614. The summed E-state index contributed by atoms with van der Waals surface area (Å²) in [6, 6.07) is 13.7. The Morgan fingerprint density at radius 2 is 1.54 bits per heavy atom. The number of nitrogens with one attached hydrogen (secondary N) is 2. The second kappa shape index (κ2) is 18.4. The predicted molar refractivity (Wildman–Crippen MR) is 279 cm³/mol. The van der Waals surface area contributed by atoms with E-state index in [1.165, 1.54) is 0 Å². The van der Waals surface area contributed by atoms with E-state index in [1.807, 2.05) is 28.3 Å². The molecule has 10 heterocycles. The number of aromatic nitrogens is 4.